The van der Waals surface area contributed by atoms with Gasteiger partial charge in [0.2, 0.25) is 31.2 Å². The normalized spacial score (nSPS) is 12.8. The van der Waals surface area contributed by atoms with Crippen LogP contribution in [0.2, 0.25) is 0 Å². The first-order valence-electron chi connectivity index (χ1n) is 35.9. The predicted octanol–water partition coefficient (Wildman–Crippen LogP) is 11.3. The number of phenols is 1. The molecule has 4 aromatic rings. The third-order valence-corrected chi connectivity index (χ3v) is 20.5. The quantitative estimate of drug-likeness (QED) is 0.00690. The van der Waals surface area contributed by atoms with Crippen molar-refractivity contribution in [3.8, 4) is 58.1 Å². The van der Waals surface area contributed by atoms with Crippen molar-refractivity contribution in [1.29, 1.82) is 0 Å². The van der Waals surface area contributed by atoms with Crippen LogP contribution in [0.1, 0.15) is 158 Å². The number of likely N-dealkylation sites (N-methyl/N-ethyl adjacent to an activating group) is 1. The van der Waals surface area contributed by atoms with Gasteiger partial charge in [-0.15, -0.1) is 12.3 Å². The van der Waals surface area contributed by atoms with Crippen LogP contribution >= 0.6 is 7.44 Å². The second kappa shape index (κ2) is 45.4. The number of aromatic nitrogens is 3. The Hall–Kier alpha value is -10.1. The third-order valence-electron chi connectivity index (χ3n) is 17.6. The number of nitro groups is 1. The lowest BCUT2D eigenvalue weighted by Gasteiger charge is -2.39. The maximum absolute atomic E-state index is 13.2. The SMILES string of the molecule is C#CCCC(=O)CCCCCNC(=O)OC(CCN(C)C(=O)CCCCC(=O)CCCOCCOc1nc(N(C)CC(N)=O)nc(N2CCN(P(C)(=O)N(C)C)CC2)n1)c1cc(OC)c(OC)cc1[N+](=O)[O-].CCCCCCCC(C)=O.O=C(O)c1ccccc1-c1c2ccc(=O)cc-2oc2cc(O)ccc12. The number of unbranched alkanes of at least 4 members (excludes halogenated alkanes) is 7. The zero-order valence-electron chi connectivity index (χ0n) is 63.0. The molecule has 1 aromatic heterocycles. The third kappa shape index (κ3) is 29.0. The summed E-state index contributed by atoms with van der Waals surface area (Å²) in [7, 11) is 6.86. The molecule has 3 heterocycles. The van der Waals surface area contributed by atoms with Crippen LogP contribution in [0.3, 0.4) is 0 Å². The van der Waals surface area contributed by atoms with Gasteiger partial charge in [-0.2, -0.15) is 15.0 Å². The fourth-order valence-corrected chi connectivity index (χ4v) is 12.9. The van der Waals surface area contributed by atoms with Crippen molar-refractivity contribution >= 4 is 77.2 Å². The number of anilines is 2. The number of carbonyl (C=O) groups is 7. The highest BCUT2D eigenvalue weighted by Gasteiger charge is 2.33. The molecule has 0 saturated carbocycles. The van der Waals surface area contributed by atoms with Gasteiger partial charge in [-0.3, -0.25) is 38.7 Å². The second-order valence-electron chi connectivity index (χ2n) is 26.0. The smallest absolute Gasteiger partial charge is 0.407 e. The highest BCUT2D eigenvalue weighted by Crippen LogP contribution is 2.48. The van der Waals surface area contributed by atoms with Crippen LogP contribution in [-0.2, 0) is 38.0 Å². The van der Waals surface area contributed by atoms with Crippen LogP contribution in [-0.4, -0.2) is 200 Å². The number of terminal acetylenes is 1. The number of amides is 3. The Bertz CT molecular complexity index is 4060. The molecule has 1 aliphatic carbocycles. The van der Waals surface area contributed by atoms with E-state index >= 15 is 0 Å². The Morgan fingerprint density at radius 1 is 0.785 bits per heavy atom. The number of nitrogens with two attached hydrogens (primary N) is 1. The molecular formula is C76H104N11O19P. The molecule has 107 heavy (non-hydrogen) atoms. The Morgan fingerprint density at radius 2 is 1.44 bits per heavy atom. The molecule has 3 aromatic carbocycles. The van der Waals surface area contributed by atoms with Crippen LogP contribution in [0.15, 0.2) is 82.0 Å². The fraction of sp³-hybridized carbons (Fsp3) is 0.513. The number of methoxy groups -OCH3 is 2. The van der Waals surface area contributed by atoms with Gasteiger partial charge in [-0.25, -0.2) is 18.9 Å². The van der Waals surface area contributed by atoms with E-state index in [0.29, 0.717) is 142 Å². The average Bonchev–Trinajstić information content (AvgIpc) is 0.754. The van der Waals surface area contributed by atoms with Gasteiger partial charge in [-0.05, 0) is 102 Å². The van der Waals surface area contributed by atoms with Crippen molar-refractivity contribution in [1.82, 2.24) is 34.5 Å². The van der Waals surface area contributed by atoms with E-state index in [1.807, 2.05) is 9.57 Å². The van der Waals surface area contributed by atoms with Gasteiger partial charge >= 0.3 is 18.1 Å². The first-order valence-corrected chi connectivity index (χ1v) is 38.0. The molecule has 31 heteroatoms. The summed E-state index contributed by atoms with van der Waals surface area (Å²) in [6, 6.07) is 18.3. The number of phenolic OH excluding ortho intramolecular Hbond substituents is 1. The molecule has 5 N–H and O–H groups in total. The first-order chi connectivity index (χ1) is 51.1. The summed E-state index contributed by atoms with van der Waals surface area (Å²) >= 11 is 0. The highest BCUT2D eigenvalue weighted by molar-refractivity contribution is 7.58. The fourth-order valence-electron chi connectivity index (χ4n) is 11.5. The zero-order valence-corrected chi connectivity index (χ0v) is 63.9. The van der Waals surface area contributed by atoms with Crippen molar-refractivity contribution in [2.45, 2.75) is 142 Å². The summed E-state index contributed by atoms with van der Waals surface area (Å²) in [6.07, 6.45) is 15.5. The number of carboxylic acids is 1. The van der Waals surface area contributed by atoms with E-state index in [9.17, 15) is 63.2 Å². The molecule has 1 fully saturated rings. The van der Waals surface area contributed by atoms with E-state index in [1.54, 1.807) is 76.8 Å². The molecule has 2 aliphatic heterocycles. The Balaban J connectivity index is 0.000000471. The van der Waals surface area contributed by atoms with Crippen LogP contribution in [0.5, 0.6) is 23.3 Å². The number of carbonyl (C=O) groups excluding carboxylic acids is 6. The number of piperazine rings is 1. The molecule has 2 atom stereocenters. The predicted molar refractivity (Wildman–Crippen MR) is 407 cm³/mol. The lowest BCUT2D eigenvalue weighted by molar-refractivity contribution is -0.386. The number of hydrogen-bond acceptors (Lipinski definition) is 23. The maximum Gasteiger partial charge on any atom is 0.407 e. The number of fused-ring (bicyclic) bond motifs is 2. The number of hydrogen-bond donors (Lipinski definition) is 4. The number of nitro benzene ring substituents is 1. The Labute approximate surface area is 624 Å². The molecule has 0 radical (unpaired) electrons. The number of aromatic carboxylic acids is 1. The van der Waals surface area contributed by atoms with Crippen molar-refractivity contribution < 1.29 is 81.4 Å². The van der Waals surface area contributed by atoms with Crippen molar-refractivity contribution in [2.75, 3.05) is 125 Å². The number of Topliss-reactive ketones (excluding diaryl/α,β-unsaturated/α-hetero) is 3. The number of benzene rings is 4. The minimum atomic E-state index is -2.66. The molecule has 30 nitrogen and oxygen atoms in total. The van der Waals surface area contributed by atoms with Gasteiger partial charge in [-0.1, -0.05) is 57.2 Å². The summed E-state index contributed by atoms with van der Waals surface area (Å²) < 4.78 is 50.5. The Kier molecular flexibility index (Phi) is 37.2. The molecule has 1 saturated heterocycles. The number of carboxylic acid groups (broad SMARTS) is 1. The number of ether oxygens (including phenoxy) is 5. The zero-order chi connectivity index (χ0) is 78.6. The van der Waals surface area contributed by atoms with Crippen LogP contribution in [0.4, 0.5) is 22.4 Å². The maximum atomic E-state index is 13.2. The van der Waals surface area contributed by atoms with Gasteiger partial charge in [0.15, 0.2) is 16.9 Å². The van der Waals surface area contributed by atoms with Gasteiger partial charge in [0, 0.05) is 147 Å². The number of primary amides is 1. The number of rotatable bonds is 43. The summed E-state index contributed by atoms with van der Waals surface area (Å²) in [5.74, 6) is 2.29. The molecule has 582 valence electrons. The summed E-state index contributed by atoms with van der Waals surface area (Å²) in [6.45, 7) is 8.51. The minimum Gasteiger partial charge on any atom is -0.508 e. The number of ketones is 3. The van der Waals surface area contributed by atoms with Gasteiger partial charge in [0.1, 0.15) is 47.2 Å². The lowest BCUT2D eigenvalue weighted by atomic mass is 9.91. The van der Waals surface area contributed by atoms with Crippen molar-refractivity contribution in [2.24, 2.45) is 5.73 Å². The molecule has 3 aliphatic rings. The highest BCUT2D eigenvalue weighted by atomic mass is 31.2. The van der Waals surface area contributed by atoms with Crippen LogP contribution in [0, 0.1) is 22.5 Å². The molecule has 3 amide bonds. The van der Waals surface area contributed by atoms with Gasteiger partial charge < -0.3 is 68.9 Å². The number of nitrogens with one attached hydrogen (secondary N) is 1. The largest absolute Gasteiger partial charge is 0.508 e. The second-order valence-corrected chi connectivity index (χ2v) is 29.0. The summed E-state index contributed by atoms with van der Waals surface area (Å²) in [4.78, 5) is 126. The monoisotopic (exact) mass is 1510 g/mol. The molecule has 7 rings (SSSR count). The van der Waals surface area contributed by atoms with Crippen molar-refractivity contribution in [3.63, 3.8) is 0 Å². The van der Waals surface area contributed by atoms with Crippen LogP contribution < -0.4 is 40.5 Å². The Morgan fingerprint density at radius 3 is 2.10 bits per heavy atom. The van der Waals surface area contributed by atoms with E-state index in [-0.39, 0.29) is 121 Å². The van der Waals surface area contributed by atoms with E-state index in [0.717, 1.165) is 12.8 Å². The standard InChI is InChI=1S/C47H74N11O13P.C20H12O5.C9H18O/c1-9-10-17-35(59)18-12-11-15-23-49-47(63)71-39(37-32-40(67-6)41(68-7)33-38(37)58(64)65)22-24-54(4)43(62)21-14-13-19-36(60)20-16-29-69-30-31-70-46-51-44(55(5)34-42(48)61)50-45(52-46)56-25-27-57(28-26-56)72(8,66)53(2)3;21-11-5-7-15-17(9-11)25-18-10-12(22)6-8-16(18)19(15)13-3-1-2-4-14(13)20(23)24;1-3-4-5-6-7-8-9(2)10/h1,32-33,39H,10-31,34H2,2-8H3,(H2,48,61)(H,49,63);1-10,21H,(H,23,24);3-8H2,1-2H3. The van der Waals surface area contributed by atoms with E-state index < -0.39 is 36.4 Å². The number of alkyl carbamates (subject to hydrolysis) is 1. The van der Waals surface area contributed by atoms with E-state index in [4.69, 9.17) is 40.3 Å². The number of aromatic hydroxyl groups is 1. The van der Waals surface area contributed by atoms with Crippen LogP contribution in [0.25, 0.3) is 33.4 Å². The van der Waals surface area contributed by atoms with E-state index in [1.165, 1.54) is 92.2 Å². The number of nitrogens with zero attached hydrogens (tertiary/aromatic N) is 9. The minimum absolute atomic E-state index is 0.0198. The van der Waals surface area contributed by atoms with Gasteiger partial charge in [0.05, 0.1) is 49.5 Å². The molecule has 2 unspecified atom stereocenters. The van der Waals surface area contributed by atoms with E-state index in [2.05, 4.69) is 33.1 Å². The molecule has 0 bridgehead atoms. The molecular weight excluding hydrogens is 1400 g/mol. The molecule has 0 spiro atoms. The average molecular weight is 1510 g/mol. The van der Waals surface area contributed by atoms with Gasteiger partial charge in [0.25, 0.3) is 5.69 Å². The summed E-state index contributed by atoms with van der Waals surface area (Å²) in [5, 5.41) is 34.8. The first kappa shape index (κ1) is 87.6. The topological polar surface area (TPSA) is 389 Å². The van der Waals surface area contributed by atoms with Crippen molar-refractivity contribution in [3.05, 3.63) is 104 Å². The lowest BCUT2D eigenvalue weighted by Crippen LogP contribution is -2.47. The summed E-state index contributed by atoms with van der Waals surface area (Å²) in [5.41, 5.74) is 7.21.